The van der Waals surface area contributed by atoms with Crippen molar-refractivity contribution < 1.29 is 4.79 Å². The van der Waals surface area contributed by atoms with Crippen LogP contribution in [0, 0.1) is 28.6 Å². The fourth-order valence-corrected chi connectivity index (χ4v) is 8.35. The van der Waals surface area contributed by atoms with Gasteiger partial charge in [0.15, 0.2) is 0 Å². The van der Waals surface area contributed by atoms with Crippen molar-refractivity contribution >= 4 is 5.91 Å². The summed E-state index contributed by atoms with van der Waals surface area (Å²) in [7, 11) is 2.38. The van der Waals surface area contributed by atoms with E-state index in [0.29, 0.717) is 16.9 Å². The molecule has 0 aromatic carbocycles. The Morgan fingerprint density at radius 3 is 2.87 bits per heavy atom. The summed E-state index contributed by atoms with van der Waals surface area (Å²) in [6.07, 6.45) is 9.07. The molecule has 6 unspecified atom stereocenters. The highest BCUT2D eigenvalue weighted by atomic mass is 16.2. The average Bonchev–Trinajstić information content (AvgIpc) is 2.71. The lowest BCUT2D eigenvalue weighted by atomic mass is 9.49. The normalized spacial score (nSPS) is 54.0. The number of carbonyl (C=O) groups excluding carboxylic acids is 1. The molecule has 4 fully saturated rings. The first-order valence-corrected chi connectivity index (χ1v) is 9.57. The summed E-state index contributed by atoms with van der Waals surface area (Å²) in [4.78, 5) is 17.3. The molecule has 0 N–H and O–H groups in total. The second kappa shape index (κ2) is 4.04. The van der Waals surface area contributed by atoms with E-state index >= 15 is 0 Å². The summed E-state index contributed by atoms with van der Waals surface area (Å²) >= 11 is 0. The molecule has 126 valence electrons. The van der Waals surface area contributed by atoms with Gasteiger partial charge in [-0.1, -0.05) is 19.9 Å². The Morgan fingerprint density at radius 2 is 2.13 bits per heavy atom. The highest BCUT2D eigenvalue weighted by Crippen LogP contribution is 2.79. The first-order valence-electron chi connectivity index (χ1n) is 9.57. The van der Waals surface area contributed by atoms with Crippen molar-refractivity contribution in [3.63, 3.8) is 0 Å². The molecule has 2 saturated heterocycles. The largest absolute Gasteiger partial charge is 0.316 e. The Bertz CT molecular complexity index is 627. The second-order valence-electron chi connectivity index (χ2n) is 9.59. The van der Waals surface area contributed by atoms with Crippen LogP contribution in [0.2, 0.25) is 0 Å². The predicted octanol–water partition coefficient (Wildman–Crippen LogP) is 3.27. The van der Waals surface area contributed by atoms with Crippen LogP contribution in [0.3, 0.4) is 0 Å². The third-order valence-electron chi connectivity index (χ3n) is 8.59. The number of allylic oxidation sites excluding steroid dienone is 1. The van der Waals surface area contributed by atoms with Crippen LogP contribution in [0.15, 0.2) is 11.8 Å². The molecule has 6 atom stereocenters. The minimum atomic E-state index is 0.231. The molecule has 5 bridgehead atoms. The van der Waals surface area contributed by atoms with Gasteiger partial charge in [0.25, 0.3) is 0 Å². The summed E-state index contributed by atoms with van der Waals surface area (Å²) in [6.45, 7) is 8.92. The van der Waals surface area contributed by atoms with Crippen LogP contribution in [-0.2, 0) is 4.79 Å². The molecular weight excluding hydrogens is 284 g/mol. The molecule has 1 amide bonds. The number of carbonyl (C=O) groups is 1. The molecule has 0 aromatic rings. The standard InChI is InChI=1S/C20H30N2O/c1-13-8-15-9-17-19(6-5-7-22(17)14(2)23)18(3)11-16(15)20(19,10-13)21(4)12-18/h9,13,15-16H,5-8,10-12H2,1-4H3. The smallest absolute Gasteiger partial charge is 0.223 e. The van der Waals surface area contributed by atoms with E-state index in [1.54, 1.807) is 6.92 Å². The molecule has 5 aliphatic rings. The van der Waals surface area contributed by atoms with Gasteiger partial charge in [-0.05, 0) is 62.3 Å². The Morgan fingerprint density at radius 1 is 1.35 bits per heavy atom. The van der Waals surface area contributed by atoms with Crippen molar-refractivity contribution in [1.82, 2.24) is 9.80 Å². The van der Waals surface area contributed by atoms with Crippen LogP contribution in [0.5, 0.6) is 0 Å². The fraction of sp³-hybridized carbons (Fsp3) is 0.850. The van der Waals surface area contributed by atoms with Crippen molar-refractivity contribution in [3.8, 4) is 0 Å². The fourth-order valence-electron chi connectivity index (χ4n) is 8.35. The summed E-state index contributed by atoms with van der Waals surface area (Å²) in [5.74, 6) is 2.57. The Kier molecular flexibility index (Phi) is 2.55. The second-order valence-corrected chi connectivity index (χ2v) is 9.59. The molecule has 3 heteroatoms. The summed E-state index contributed by atoms with van der Waals surface area (Å²) in [6, 6.07) is 0. The van der Waals surface area contributed by atoms with Gasteiger partial charge < -0.3 is 4.90 Å². The van der Waals surface area contributed by atoms with Crippen molar-refractivity contribution in [1.29, 1.82) is 0 Å². The topological polar surface area (TPSA) is 23.6 Å². The number of rotatable bonds is 0. The van der Waals surface area contributed by atoms with E-state index in [1.165, 1.54) is 44.3 Å². The van der Waals surface area contributed by atoms with Gasteiger partial charge in [0.2, 0.25) is 5.91 Å². The molecule has 2 spiro atoms. The van der Waals surface area contributed by atoms with Crippen LogP contribution < -0.4 is 0 Å². The quantitative estimate of drug-likeness (QED) is 0.685. The van der Waals surface area contributed by atoms with Gasteiger partial charge in [0.05, 0.1) is 0 Å². The van der Waals surface area contributed by atoms with Crippen molar-refractivity contribution in [2.24, 2.45) is 28.6 Å². The summed E-state index contributed by atoms with van der Waals surface area (Å²) < 4.78 is 0. The third-order valence-corrected chi connectivity index (χ3v) is 8.59. The Labute approximate surface area is 140 Å². The zero-order valence-electron chi connectivity index (χ0n) is 15.1. The van der Waals surface area contributed by atoms with E-state index in [4.69, 9.17) is 0 Å². The zero-order valence-corrected chi connectivity index (χ0v) is 15.1. The number of hydrogen-bond acceptors (Lipinski definition) is 2. The van der Waals surface area contributed by atoms with E-state index in [9.17, 15) is 4.79 Å². The number of likely N-dealkylation sites (tertiary alicyclic amines) is 2. The summed E-state index contributed by atoms with van der Waals surface area (Å²) in [5.41, 5.74) is 2.34. The molecule has 0 radical (unpaired) electrons. The lowest BCUT2D eigenvalue weighted by Crippen LogP contribution is -2.65. The monoisotopic (exact) mass is 314 g/mol. The first-order chi connectivity index (χ1) is 10.9. The first kappa shape index (κ1) is 14.5. The van der Waals surface area contributed by atoms with Gasteiger partial charge >= 0.3 is 0 Å². The molecule has 5 rings (SSSR count). The van der Waals surface area contributed by atoms with E-state index in [-0.39, 0.29) is 11.3 Å². The highest BCUT2D eigenvalue weighted by molar-refractivity contribution is 5.76. The van der Waals surface area contributed by atoms with Gasteiger partial charge in [0, 0.05) is 36.7 Å². The molecule has 2 saturated carbocycles. The maximum atomic E-state index is 12.4. The lowest BCUT2D eigenvalue weighted by molar-refractivity contribution is -0.132. The van der Waals surface area contributed by atoms with E-state index in [0.717, 1.165) is 18.4 Å². The average molecular weight is 314 g/mol. The maximum Gasteiger partial charge on any atom is 0.223 e. The van der Waals surface area contributed by atoms with Gasteiger partial charge in [-0.15, -0.1) is 0 Å². The van der Waals surface area contributed by atoms with Gasteiger partial charge in [-0.25, -0.2) is 0 Å². The number of nitrogens with zero attached hydrogens (tertiary/aromatic N) is 2. The van der Waals surface area contributed by atoms with Crippen molar-refractivity contribution in [3.05, 3.63) is 11.8 Å². The minimum absolute atomic E-state index is 0.231. The molecule has 3 nitrogen and oxygen atoms in total. The van der Waals surface area contributed by atoms with E-state index < -0.39 is 0 Å². The maximum absolute atomic E-state index is 12.4. The number of amides is 1. The lowest BCUT2D eigenvalue weighted by Gasteiger charge is -2.62. The molecule has 3 aliphatic carbocycles. The van der Waals surface area contributed by atoms with Gasteiger partial charge in [0.1, 0.15) is 0 Å². The van der Waals surface area contributed by atoms with Crippen LogP contribution in [0.4, 0.5) is 0 Å². The summed E-state index contributed by atoms with van der Waals surface area (Å²) in [5, 5.41) is 0. The highest BCUT2D eigenvalue weighted by Gasteiger charge is 2.80. The number of hydrogen-bond donors (Lipinski definition) is 0. The van der Waals surface area contributed by atoms with Crippen LogP contribution in [0.1, 0.15) is 52.9 Å². The van der Waals surface area contributed by atoms with Crippen molar-refractivity contribution in [2.75, 3.05) is 20.1 Å². The van der Waals surface area contributed by atoms with Gasteiger partial charge in [-0.3, -0.25) is 9.69 Å². The number of piperidine rings is 2. The van der Waals surface area contributed by atoms with Gasteiger partial charge in [-0.2, -0.15) is 0 Å². The molecule has 0 aromatic heterocycles. The SMILES string of the molecule is CC(=O)N1CCCC23C1=CC1CC(C)CC24C1CC3(C)CN4C. The van der Waals surface area contributed by atoms with E-state index in [2.05, 4.69) is 36.8 Å². The third kappa shape index (κ3) is 1.31. The van der Waals surface area contributed by atoms with E-state index in [1.807, 2.05) is 0 Å². The molecule has 2 aliphatic heterocycles. The molecule has 2 heterocycles. The Balaban J connectivity index is 1.80. The molecule has 23 heavy (non-hydrogen) atoms. The van der Waals surface area contributed by atoms with Crippen LogP contribution >= 0.6 is 0 Å². The van der Waals surface area contributed by atoms with Crippen molar-refractivity contribution in [2.45, 2.75) is 58.4 Å². The van der Waals surface area contributed by atoms with Crippen LogP contribution in [-0.4, -0.2) is 41.4 Å². The minimum Gasteiger partial charge on any atom is -0.316 e. The predicted molar refractivity (Wildman–Crippen MR) is 90.6 cm³/mol. The van der Waals surface area contributed by atoms with Crippen LogP contribution in [0.25, 0.3) is 0 Å². The Hall–Kier alpha value is -0.830. The molecular formula is C20H30N2O. The zero-order chi connectivity index (χ0) is 16.2.